The number of ether oxygens (including phenoxy) is 1. The molecule has 9 heteroatoms. The lowest BCUT2D eigenvalue weighted by molar-refractivity contribution is -0.127. The Hall–Kier alpha value is -4.01. The molecule has 0 aromatic heterocycles. The van der Waals surface area contributed by atoms with E-state index in [1.165, 1.54) is 25.1 Å². The molecule has 0 saturated carbocycles. The number of rotatable bonds is 5. The summed E-state index contributed by atoms with van der Waals surface area (Å²) in [5.74, 6) is -2.69. The predicted molar refractivity (Wildman–Crippen MR) is 111 cm³/mol. The zero-order chi connectivity index (χ0) is 22.7. The van der Waals surface area contributed by atoms with E-state index in [0.29, 0.717) is 12.2 Å². The monoisotopic (exact) mass is 423 g/mol. The maximum atomic E-state index is 12.9. The molecule has 1 aliphatic rings. The molecule has 1 heterocycles. The number of esters is 1. The molecule has 0 saturated heterocycles. The summed E-state index contributed by atoms with van der Waals surface area (Å²) < 4.78 is 5.09. The van der Waals surface area contributed by atoms with Crippen molar-refractivity contribution in [2.45, 2.75) is 26.9 Å². The van der Waals surface area contributed by atoms with E-state index in [1.807, 2.05) is 5.32 Å². The second-order valence-electron chi connectivity index (χ2n) is 6.89. The number of imide groups is 2. The summed E-state index contributed by atoms with van der Waals surface area (Å²) in [5.41, 5.74) is 1.47. The van der Waals surface area contributed by atoms with Crippen LogP contribution in [0.5, 0.6) is 0 Å². The maximum Gasteiger partial charge on any atom is 0.338 e. The third-order valence-electron chi connectivity index (χ3n) is 4.71. The van der Waals surface area contributed by atoms with E-state index in [1.54, 1.807) is 38.1 Å². The van der Waals surface area contributed by atoms with Crippen LogP contribution in [0.25, 0.3) is 0 Å². The fourth-order valence-corrected chi connectivity index (χ4v) is 3.10. The molecular formula is C22H21N3O6. The average molecular weight is 423 g/mol. The van der Waals surface area contributed by atoms with E-state index in [2.05, 4.69) is 5.32 Å². The molecule has 1 aliphatic heterocycles. The van der Waals surface area contributed by atoms with Crippen molar-refractivity contribution in [1.82, 2.24) is 10.6 Å². The van der Waals surface area contributed by atoms with Gasteiger partial charge in [-0.1, -0.05) is 18.2 Å². The summed E-state index contributed by atoms with van der Waals surface area (Å²) in [5, 5.41) is 4.44. The highest BCUT2D eigenvalue weighted by Crippen LogP contribution is 2.31. The van der Waals surface area contributed by atoms with Crippen molar-refractivity contribution in [2.24, 2.45) is 0 Å². The van der Waals surface area contributed by atoms with Crippen LogP contribution in [-0.2, 0) is 9.53 Å². The Labute approximate surface area is 178 Å². The van der Waals surface area contributed by atoms with Gasteiger partial charge in [-0.25, -0.2) is 14.5 Å². The molecule has 2 N–H and O–H groups in total. The number of amides is 5. The fraction of sp³-hybridized carbons (Fsp3) is 0.227. The predicted octanol–water partition coefficient (Wildman–Crippen LogP) is 2.19. The van der Waals surface area contributed by atoms with Crippen molar-refractivity contribution in [1.29, 1.82) is 0 Å². The van der Waals surface area contributed by atoms with E-state index in [-0.39, 0.29) is 16.7 Å². The zero-order valence-electron chi connectivity index (χ0n) is 17.2. The molecule has 0 bridgehead atoms. The number of aryl methyl sites for hydroxylation is 1. The lowest BCUT2D eigenvalue weighted by Gasteiger charge is -2.16. The highest BCUT2D eigenvalue weighted by molar-refractivity contribution is 6.35. The maximum absolute atomic E-state index is 12.9. The van der Waals surface area contributed by atoms with Gasteiger partial charge in [0.05, 0.1) is 22.4 Å². The standard InChI is InChI=1S/C22H21N3O6/c1-4-23-22(30)24-18(26)13(3)31-21(29)14-9-10-15-16(11-14)20(28)25(19(15)27)17-8-6-5-7-12(17)2/h5-11,13H,4H2,1-3H3,(H2,23,24,26,30). The SMILES string of the molecule is CCNC(=O)NC(=O)C(C)OC(=O)c1ccc2c(c1)C(=O)N(c1ccccc1C)C2=O. The summed E-state index contributed by atoms with van der Waals surface area (Å²) in [6, 6.07) is 10.3. The van der Waals surface area contributed by atoms with Gasteiger partial charge in [0.25, 0.3) is 17.7 Å². The number of fused-ring (bicyclic) bond motifs is 1. The van der Waals surface area contributed by atoms with Crippen LogP contribution < -0.4 is 15.5 Å². The normalized spacial score (nSPS) is 13.5. The first-order chi connectivity index (χ1) is 14.7. The lowest BCUT2D eigenvalue weighted by Crippen LogP contribution is -2.44. The average Bonchev–Trinajstić information content (AvgIpc) is 2.98. The third kappa shape index (κ3) is 4.30. The molecule has 2 aromatic carbocycles. The summed E-state index contributed by atoms with van der Waals surface area (Å²) in [7, 11) is 0. The van der Waals surface area contributed by atoms with Gasteiger partial charge in [-0.15, -0.1) is 0 Å². The minimum Gasteiger partial charge on any atom is -0.449 e. The lowest BCUT2D eigenvalue weighted by atomic mass is 10.1. The van der Waals surface area contributed by atoms with E-state index in [0.717, 1.165) is 10.5 Å². The first-order valence-corrected chi connectivity index (χ1v) is 9.62. The van der Waals surface area contributed by atoms with E-state index in [4.69, 9.17) is 4.74 Å². The van der Waals surface area contributed by atoms with Gasteiger partial charge in [0.15, 0.2) is 6.10 Å². The highest BCUT2D eigenvalue weighted by Gasteiger charge is 2.38. The van der Waals surface area contributed by atoms with Crippen molar-refractivity contribution in [3.63, 3.8) is 0 Å². The van der Waals surface area contributed by atoms with Crippen LogP contribution in [-0.4, -0.2) is 42.4 Å². The topological polar surface area (TPSA) is 122 Å². The number of anilines is 1. The molecule has 9 nitrogen and oxygen atoms in total. The van der Waals surface area contributed by atoms with Gasteiger partial charge in [-0.3, -0.25) is 19.7 Å². The molecule has 0 radical (unpaired) electrons. The van der Waals surface area contributed by atoms with Crippen molar-refractivity contribution >= 4 is 35.4 Å². The van der Waals surface area contributed by atoms with E-state index in [9.17, 15) is 24.0 Å². The number of para-hydroxylation sites is 1. The molecular weight excluding hydrogens is 402 g/mol. The van der Waals surface area contributed by atoms with Gasteiger partial charge in [0, 0.05) is 6.54 Å². The molecule has 31 heavy (non-hydrogen) atoms. The van der Waals surface area contributed by atoms with Gasteiger partial charge < -0.3 is 10.1 Å². The molecule has 1 unspecified atom stereocenters. The number of hydrogen-bond acceptors (Lipinski definition) is 6. The Morgan fingerprint density at radius 3 is 2.39 bits per heavy atom. The second-order valence-corrected chi connectivity index (χ2v) is 6.89. The fourth-order valence-electron chi connectivity index (χ4n) is 3.10. The van der Waals surface area contributed by atoms with Gasteiger partial charge in [0.1, 0.15) is 0 Å². The van der Waals surface area contributed by atoms with Crippen LogP contribution in [0.4, 0.5) is 10.5 Å². The number of benzene rings is 2. The first kappa shape index (κ1) is 21.7. The Balaban J connectivity index is 1.77. The molecule has 160 valence electrons. The highest BCUT2D eigenvalue weighted by atomic mass is 16.5. The van der Waals surface area contributed by atoms with Gasteiger partial charge in [-0.05, 0) is 50.6 Å². The molecule has 3 rings (SSSR count). The number of urea groups is 1. The minimum absolute atomic E-state index is 0.00388. The van der Waals surface area contributed by atoms with Crippen LogP contribution in [0.2, 0.25) is 0 Å². The molecule has 0 spiro atoms. The van der Waals surface area contributed by atoms with Gasteiger partial charge in [0.2, 0.25) is 0 Å². The van der Waals surface area contributed by atoms with Gasteiger partial charge >= 0.3 is 12.0 Å². The van der Waals surface area contributed by atoms with E-state index >= 15 is 0 Å². The van der Waals surface area contributed by atoms with Crippen molar-refractivity contribution in [2.75, 3.05) is 11.4 Å². The molecule has 5 amide bonds. The number of nitrogens with zero attached hydrogens (tertiary/aromatic N) is 1. The van der Waals surface area contributed by atoms with Crippen LogP contribution in [0.3, 0.4) is 0 Å². The number of hydrogen-bond donors (Lipinski definition) is 2. The van der Waals surface area contributed by atoms with Crippen molar-refractivity contribution < 1.29 is 28.7 Å². The second kappa shape index (κ2) is 8.78. The number of carbonyl (C=O) groups excluding carboxylic acids is 5. The largest absolute Gasteiger partial charge is 0.449 e. The van der Waals surface area contributed by atoms with E-state index < -0.39 is 35.8 Å². The zero-order valence-corrected chi connectivity index (χ0v) is 17.2. The Kier molecular flexibility index (Phi) is 6.15. The molecule has 0 aliphatic carbocycles. The quantitative estimate of drug-likeness (QED) is 0.562. The number of nitrogens with one attached hydrogen (secondary N) is 2. The minimum atomic E-state index is -1.25. The van der Waals surface area contributed by atoms with Crippen LogP contribution in [0.1, 0.15) is 50.5 Å². The molecule has 1 atom stereocenters. The van der Waals surface area contributed by atoms with Crippen LogP contribution in [0.15, 0.2) is 42.5 Å². The smallest absolute Gasteiger partial charge is 0.338 e. The Bertz CT molecular complexity index is 1090. The van der Waals surface area contributed by atoms with Crippen molar-refractivity contribution in [3.05, 3.63) is 64.7 Å². The molecule has 0 fully saturated rings. The van der Waals surface area contributed by atoms with Crippen LogP contribution >= 0.6 is 0 Å². The summed E-state index contributed by atoms with van der Waals surface area (Å²) in [4.78, 5) is 62.6. The first-order valence-electron chi connectivity index (χ1n) is 9.62. The summed E-state index contributed by atoms with van der Waals surface area (Å²) >= 11 is 0. The summed E-state index contributed by atoms with van der Waals surface area (Å²) in [6.45, 7) is 5.12. The Morgan fingerprint density at radius 1 is 1.03 bits per heavy atom. The summed E-state index contributed by atoms with van der Waals surface area (Å²) in [6.07, 6.45) is -1.25. The van der Waals surface area contributed by atoms with Crippen molar-refractivity contribution in [3.8, 4) is 0 Å². The third-order valence-corrected chi connectivity index (χ3v) is 4.71. The van der Waals surface area contributed by atoms with Crippen LogP contribution in [0, 0.1) is 6.92 Å². The number of carbonyl (C=O) groups is 5. The Morgan fingerprint density at radius 2 is 1.71 bits per heavy atom. The van der Waals surface area contributed by atoms with Gasteiger partial charge in [-0.2, -0.15) is 0 Å². The molecule has 2 aromatic rings.